The van der Waals surface area contributed by atoms with E-state index in [0.29, 0.717) is 5.57 Å². The minimum absolute atomic E-state index is 0.152. The smallest absolute Gasteiger partial charge is 0.324 e. The molecule has 0 radical (unpaired) electrons. The van der Waals surface area contributed by atoms with Crippen LogP contribution in [0.3, 0.4) is 0 Å². The fourth-order valence-corrected chi connectivity index (χ4v) is 1.90. The van der Waals surface area contributed by atoms with Crippen LogP contribution in [0.2, 0.25) is 0 Å². The fourth-order valence-electron chi connectivity index (χ4n) is 1.90. The van der Waals surface area contributed by atoms with Crippen LogP contribution in [0.15, 0.2) is 11.6 Å². The average Bonchev–Trinajstić information content (AvgIpc) is 2.75. The molecule has 1 aliphatic carbocycles. The van der Waals surface area contributed by atoms with E-state index in [4.69, 9.17) is 14.6 Å². The first-order valence-corrected chi connectivity index (χ1v) is 5.74. The number of ether oxygens (including phenoxy) is 2. The van der Waals surface area contributed by atoms with Crippen LogP contribution >= 0.6 is 0 Å². The molecule has 1 aliphatic rings. The number of esters is 2. The molecule has 17 heavy (non-hydrogen) atoms. The molecule has 0 saturated heterocycles. The highest BCUT2D eigenvalue weighted by Crippen LogP contribution is 2.39. The number of carbonyl (C=O) groups excluding carboxylic acids is 2. The van der Waals surface area contributed by atoms with Gasteiger partial charge in [-0.05, 0) is 32.3 Å². The minimum Gasteiger partial charge on any atom is -0.465 e. The van der Waals surface area contributed by atoms with E-state index < -0.39 is 17.4 Å². The standard InChI is InChI=1S/C12H18O5/c1-3-16-10(14)12(11(15)17-4-2)6-5-9(7-12)8-13/h5,13H,3-4,6-8H2,1-2H3. The van der Waals surface area contributed by atoms with Gasteiger partial charge in [0, 0.05) is 0 Å². The van der Waals surface area contributed by atoms with Crippen LogP contribution in [-0.2, 0) is 19.1 Å². The lowest BCUT2D eigenvalue weighted by molar-refractivity contribution is -0.171. The van der Waals surface area contributed by atoms with Gasteiger partial charge in [0.25, 0.3) is 0 Å². The molecule has 0 heterocycles. The number of hydrogen-bond donors (Lipinski definition) is 1. The third kappa shape index (κ3) is 2.66. The zero-order valence-corrected chi connectivity index (χ0v) is 10.2. The first-order valence-electron chi connectivity index (χ1n) is 5.74. The molecule has 0 fully saturated rings. The van der Waals surface area contributed by atoms with Gasteiger partial charge < -0.3 is 14.6 Å². The summed E-state index contributed by atoms with van der Waals surface area (Å²) in [6.07, 6.45) is 2.12. The van der Waals surface area contributed by atoms with Crippen LogP contribution in [0.4, 0.5) is 0 Å². The number of hydrogen-bond acceptors (Lipinski definition) is 5. The molecule has 0 aromatic rings. The normalized spacial score (nSPS) is 17.5. The Labute approximate surface area is 100 Å². The maximum atomic E-state index is 11.9. The number of aliphatic hydroxyl groups is 1. The van der Waals surface area contributed by atoms with Gasteiger partial charge in [0.05, 0.1) is 19.8 Å². The van der Waals surface area contributed by atoms with E-state index in [2.05, 4.69) is 0 Å². The van der Waals surface area contributed by atoms with E-state index in [0.717, 1.165) is 0 Å². The van der Waals surface area contributed by atoms with E-state index in [1.807, 2.05) is 0 Å². The molecule has 0 amide bonds. The van der Waals surface area contributed by atoms with Gasteiger partial charge in [0.1, 0.15) is 0 Å². The van der Waals surface area contributed by atoms with Gasteiger partial charge in [-0.2, -0.15) is 0 Å². The van der Waals surface area contributed by atoms with Gasteiger partial charge in [-0.15, -0.1) is 0 Å². The molecule has 0 spiro atoms. The second kappa shape index (κ2) is 5.82. The van der Waals surface area contributed by atoms with E-state index in [-0.39, 0.29) is 32.7 Å². The van der Waals surface area contributed by atoms with Crippen molar-refractivity contribution in [1.29, 1.82) is 0 Å². The van der Waals surface area contributed by atoms with Crippen LogP contribution in [0.25, 0.3) is 0 Å². The predicted octanol–water partition coefficient (Wildman–Crippen LogP) is 0.811. The summed E-state index contributed by atoms with van der Waals surface area (Å²) >= 11 is 0. The van der Waals surface area contributed by atoms with Crippen molar-refractivity contribution in [3.63, 3.8) is 0 Å². The second-order valence-corrected chi connectivity index (χ2v) is 3.92. The molecule has 0 aromatic heterocycles. The lowest BCUT2D eigenvalue weighted by Gasteiger charge is -2.24. The van der Waals surface area contributed by atoms with Crippen molar-refractivity contribution in [2.75, 3.05) is 19.8 Å². The van der Waals surface area contributed by atoms with Gasteiger partial charge in [0.15, 0.2) is 5.41 Å². The second-order valence-electron chi connectivity index (χ2n) is 3.92. The van der Waals surface area contributed by atoms with E-state index in [9.17, 15) is 9.59 Å². The van der Waals surface area contributed by atoms with Crippen molar-refractivity contribution in [2.45, 2.75) is 26.7 Å². The first kappa shape index (κ1) is 13.7. The third-order valence-corrected chi connectivity index (χ3v) is 2.80. The van der Waals surface area contributed by atoms with Gasteiger partial charge in [-0.1, -0.05) is 6.08 Å². The summed E-state index contributed by atoms with van der Waals surface area (Å²) in [4.78, 5) is 23.8. The molecular weight excluding hydrogens is 224 g/mol. The summed E-state index contributed by atoms with van der Waals surface area (Å²) in [5.74, 6) is -1.14. The first-order chi connectivity index (χ1) is 8.10. The monoisotopic (exact) mass is 242 g/mol. The maximum absolute atomic E-state index is 11.9. The summed E-state index contributed by atoms with van der Waals surface area (Å²) < 4.78 is 9.87. The molecule has 5 nitrogen and oxygen atoms in total. The zero-order chi connectivity index (χ0) is 12.9. The summed E-state index contributed by atoms with van der Waals surface area (Å²) in [6.45, 7) is 3.65. The van der Waals surface area contributed by atoms with Crippen LogP contribution in [0.1, 0.15) is 26.7 Å². The van der Waals surface area contributed by atoms with Crippen LogP contribution in [0, 0.1) is 5.41 Å². The van der Waals surface area contributed by atoms with Gasteiger partial charge >= 0.3 is 11.9 Å². The number of aliphatic hydroxyl groups excluding tert-OH is 1. The van der Waals surface area contributed by atoms with Crippen molar-refractivity contribution in [2.24, 2.45) is 5.41 Å². The lowest BCUT2D eigenvalue weighted by Crippen LogP contribution is -2.40. The van der Waals surface area contributed by atoms with Crippen molar-refractivity contribution in [3.05, 3.63) is 11.6 Å². The largest absolute Gasteiger partial charge is 0.465 e. The summed E-state index contributed by atoms with van der Waals surface area (Å²) in [7, 11) is 0. The molecule has 5 heteroatoms. The molecule has 0 unspecified atom stereocenters. The SMILES string of the molecule is CCOC(=O)C1(C(=O)OCC)CC=C(CO)C1. The fraction of sp³-hybridized carbons (Fsp3) is 0.667. The third-order valence-electron chi connectivity index (χ3n) is 2.80. The molecule has 0 aliphatic heterocycles. The Morgan fingerprint density at radius 1 is 1.29 bits per heavy atom. The topological polar surface area (TPSA) is 72.8 Å². The molecule has 1 N–H and O–H groups in total. The highest BCUT2D eigenvalue weighted by Gasteiger charge is 2.51. The molecular formula is C12H18O5. The van der Waals surface area contributed by atoms with E-state index in [1.54, 1.807) is 19.9 Å². The van der Waals surface area contributed by atoms with Crippen molar-refractivity contribution >= 4 is 11.9 Å². The maximum Gasteiger partial charge on any atom is 0.324 e. The van der Waals surface area contributed by atoms with Crippen molar-refractivity contribution < 1.29 is 24.2 Å². The Hall–Kier alpha value is -1.36. The summed E-state index contributed by atoms with van der Waals surface area (Å²) in [5, 5.41) is 9.05. The number of allylic oxidation sites excluding steroid dienone is 1. The Kier molecular flexibility index (Phi) is 4.69. The lowest BCUT2D eigenvalue weighted by atomic mass is 9.84. The molecule has 0 saturated carbocycles. The van der Waals surface area contributed by atoms with Crippen LogP contribution in [-0.4, -0.2) is 36.9 Å². The summed E-state index contributed by atoms with van der Waals surface area (Å²) in [5.41, 5.74) is -0.615. The molecule has 96 valence electrons. The van der Waals surface area contributed by atoms with E-state index >= 15 is 0 Å². The molecule has 0 aromatic carbocycles. The highest BCUT2D eigenvalue weighted by molar-refractivity contribution is 6.01. The van der Waals surface area contributed by atoms with Crippen LogP contribution < -0.4 is 0 Å². The Morgan fingerprint density at radius 2 is 1.82 bits per heavy atom. The van der Waals surface area contributed by atoms with Crippen molar-refractivity contribution in [1.82, 2.24) is 0 Å². The van der Waals surface area contributed by atoms with Gasteiger partial charge in [-0.3, -0.25) is 9.59 Å². The predicted molar refractivity (Wildman–Crippen MR) is 60.1 cm³/mol. The average molecular weight is 242 g/mol. The molecule has 1 rings (SSSR count). The Morgan fingerprint density at radius 3 is 2.18 bits per heavy atom. The number of carbonyl (C=O) groups is 2. The Bertz CT molecular complexity index is 314. The minimum atomic E-state index is -1.29. The zero-order valence-electron chi connectivity index (χ0n) is 10.2. The highest BCUT2D eigenvalue weighted by atomic mass is 16.6. The quantitative estimate of drug-likeness (QED) is 0.439. The molecule has 0 bridgehead atoms. The number of rotatable bonds is 5. The molecule has 0 atom stereocenters. The van der Waals surface area contributed by atoms with Gasteiger partial charge in [-0.25, -0.2) is 0 Å². The summed E-state index contributed by atoms with van der Waals surface area (Å²) in [6, 6.07) is 0. The van der Waals surface area contributed by atoms with Crippen molar-refractivity contribution in [3.8, 4) is 0 Å². The van der Waals surface area contributed by atoms with Crippen LogP contribution in [0.5, 0.6) is 0 Å². The van der Waals surface area contributed by atoms with Gasteiger partial charge in [0.2, 0.25) is 0 Å². The Balaban J connectivity index is 2.88. The van der Waals surface area contributed by atoms with E-state index in [1.165, 1.54) is 0 Å².